The molecule has 0 saturated heterocycles. The molecule has 2 aromatic rings. The van der Waals surface area contributed by atoms with Gasteiger partial charge in [-0.2, -0.15) is 0 Å². The first-order chi connectivity index (χ1) is 5.68. The van der Waals surface area contributed by atoms with Crippen LogP contribution in [0.25, 0.3) is 10.1 Å². The van der Waals surface area contributed by atoms with Crippen molar-refractivity contribution >= 4 is 72.6 Å². The molecule has 0 aliphatic heterocycles. The van der Waals surface area contributed by atoms with Crippen molar-refractivity contribution < 1.29 is 0 Å². The molecule has 0 atom stereocenters. The van der Waals surface area contributed by atoms with Crippen molar-refractivity contribution in [2.75, 3.05) is 0 Å². The van der Waals surface area contributed by atoms with E-state index in [9.17, 15) is 0 Å². The lowest BCUT2D eigenvalue weighted by Gasteiger charge is -1.96. The van der Waals surface area contributed by atoms with Crippen molar-refractivity contribution in [3.05, 3.63) is 25.6 Å². The fourth-order valence-corrected chi connectivity index (χ4v) is 3.64. The highest BCUT2D eigenvalue weighted by atomic mass is 127. The van der Waals surface area contributed by atoms with Gasteiger partial charge in [0, 0.05) is 19.5 Å². The number of hydrogen-bond donors (Lipinski definition) is 1. The molecule has 62 valence electrons. The van der Waals surface area contributed by atoms with Crippen LogP contribution in [0, 0.1) is 2.88 Å². The maximum absolute atomic E-state index is 4.34. The Balaban J connectivity index is 2.89. The van der Waals surface area contributed by atoms with Gasteiger partial charge in [0.15, 0.2) is 0 Å². The van der Waals surface area contributed by atoms with Gasteiger partial charge in [0.05, 0.1) is 2.88 Å². The van der Waals surface area contributed by atoms with Crippen LogP contribution in [0.1, 0.15) is 0 Å². The first-order valence-electron chi connectivity index (χ1n) is 3.25. The lowest BCUT2D eigenvalue weighted by Crippen LogP contribution is -1.69. The smallest absolute Gasteiger partial charge is 0.0666 e. The van der Waals surface area contributed by atoms with E-state index in [4.69, 9.17) is 0 Å². The van der Waals surface area contributed by atoms with Crippen LogP contribution in [-0.2, 0) is 0 Å². The summed E-state index contributed by atoms with van der Waals surface area (Å²) in [7, 11) is 0. The second-order valence-corrected chi connectivity index (χ2v) is 6.61. The summed E-state index contributed by atoms with van der Waals surface area (Å²) < 4.78 is 3.72. The monoisotopic (exact) mass is 370 g/mol. The van der Waals surface area contributed by atoms with E-state index in [0.717, 1.165) is 9.37 Å². The van der Waals surface area contributed by atoms with E-state index in [-0.39, 0.29) is 0 Å². The first kappa shape index (κ1) is 9.30. The molecule has 4 heteroatoms. The predicted octanol–water partition coefficient (Wildman–Crippen LogP) is 4.56. The van der Waals surface area contributed by atoms with E-state index in [1.807, 2.05) is 6.07 Å². The fourth-order valence-electron chi connectivity index (χ4n) is 1.04. The quantitative estimate of drug-likeness (QED) is 0.510. The van der Waals surface area contributed by atoms with E-state index < -0.39 is 0 Å². The molecule has 0 spiro atoms. The van der Waals surface area contributed by atoms with Crippen LogP contribution in [0.15, 0.2) is 27.6 Å². The Morgan fingerprint density at radius 2 is 2.17 bits per heavy atom. The molecule has 1 heterocycles. The second kappa shape index (κ2) is 3.48. The van der Waals surface area contributed by atoms with Crippen molar-refractivity contribution in [1.29, 1.82) is 0 Å². The highest BCUT2D eigenvalue weighted by Crippen LogP contribution is 2.35. The third-order valence-corrected chi connectivity index (χ3v) is 4.98. The standard InChI is InChI=1S/C8H4BrIS2/c9-8-4-3-7(10)12-6(4)2-1-5(8)11/h1-3,11H. The maximum atomic E-state index is 4.34. The number of halogens is 2. The lowest BCUT2D eigenvalue weighted by atomic mass is 10.3. The van der Waals surface area contributed by atoms with Gasteiger partial charge in [0.1, 0.15) is 0 Å². The van der Waals surface area contributed by atoms with E-state index in [1.165, 1.54) is 13.0 Å². The summed E-state index contributed by atoms with van der Waals surface area (Å²) in [6.07, 6.45) is 0. The number of fused-ring (bicyclic) bond motifs is 1. The zero-order valence-corrected chi connectivity index (χ0v) is 11.3. The second-order valence-electron chi connectivity index (χ2n) is 2.36. The molecule has 0 fully saturated rings. The normalized spacial score (nSPS) is 10.9. The number of thiophene rings is 1. The third-order valence-electron chi connectivity index (χ3n) is 1.58. The molecule has 0 radical (unpaired) electrons. The molecular weight excluding hydrogens is 367 g/mol. The number of hydrogen-bond acceptors (Lipinski definition) is 2. The van der Waals surface area contributed by atoms with Gasteiger partial charge < -0.3 is 0 Å². The van der Waals surface area contributed by atoms with Crippen molar-refractivity contribution in [3.63, 3.8) is 0 Å². The van der Waals surface area contributed by atoms with Crippen molar-refractivity contribution in [1.82, 2.24) is 0 Å². The minimum absolute atomic E-state index is 0.997. The number of rotatable bonds is 0. The first-order valence-corrected chi connectivity index (χ1v) is 6.38. The Labute approximate surface area is 102 Å². The fraction of sp³-hybridized carbons (Fsp3) is 0. The molecule has 2 rings (SSSR count). The average molecular weight is 371 g/mol. The van der Waals surface area contributed by atoms with Gasteiger partial charge >= 0.3 is 0 Å². The zero-order chi connectivity index (χ0) is 8.72. The Kier molecular flexibility index (Phi) is 2.69. The average Bonchev–Trinajstić information content (AvgIpc) is 2.39. The summed E-state index contributed by atoms with van der Waals surface area (Å²) in [6.45, 7) is 0. The number of benzene rings is 1. The van der Waals surface area contributed by atoms with Crippen molar-refractivity contribution in [3.8, 4) is 0 Å². The van der Waals surface area contributed by atoms with Gasteiger partial charge in [0.25, 0.3) is 0 Å². The van der Waals surface area contributed by atoms with Gasteiger partial charge in [-0.05, 0) is 56.7 Å². The summed E-state index contributed by atoms with van der Waals surface area (Å²) in [5.74, 6) is 0. The molecular formula is C8H4BrIS2. The zero-order valence-electron chi connectivity index (χ0n) is 5.84. The predicted molar refractivity (Wildman–Crippen MR) is 69.5 cm³/mol. The van der Waals surface area contributed by atoms with Crippen LogP contribution < -0.4 is 0 Å². The molecule has 0 saturated carbocycles. The molecule has 1 aromatic carbocycles. The van der Waals surface area contributed by atoms with Crippen molar-refractivity contribution in [2.24, 2.45) is 0 Å². The van der Waals surface area contributed by atoms with Gasteiger partial charge in [-0.25, -0.2) is 0 Å². The Bertz CT molecular complexity index is 436. The van der Waals surface area contributed by atoms with E-state index in [1.54, 1.807) is 11.3 Å². The van der Waals surface area contributed by atoms with E-state index in [0.29, 0.717) is 0 Å². The summed E-state index contributed by atoms with van der Waals surface area (Å²) >= 11 is 12.0. The van der Waals surface area contributed by atoms with Crippen LogP contribution in [0.4, 0.5) is 0 Å². The van der Waals surface area contributed by atoms with Crippen LogP contribution in [0.2, 0.25) is 0 Å². The molecule has 0 N–H and O–H groups in total. The highest BCUT2D eigenvalue weighted by molar-refractivity contribution is 14.1. The molecule has 0 aliphatic carbocycles. The van der Waals surface area contributed by atoms with Crippen molar-refractivity contribution in [2.45, 2.75) is 4.90 Å². The summed E-state index contributed by atoms with van der Waals surface area (Å²) in [5.41, 5.74) is 0. The number of thiol groups is 1. The van der Waals surface area contributed by atoms with Gasteiger partial charge in [-0.1, -0.05) is 0 Å². The SMILES string of the molecule is Sc1ccc2sc(I)cc2c1Br. The molecule has 0 nitrogen and oxygen atoms in total. The Hall–Kier alpha value is 0.740. The minimum atomic E-state index is 0.997. The minimum Gasteiger partial charge on any atom is -0.142 e. The third kappa shape index (κ3) is 1.54. The van der Waals surface area contributed by atoms with Crippen LogP contribution in [-0.4, -0.2) is 0 Å². The molecule has 0 bridgehead atoms. The Morgan fingerprint density at radius 3 is 2.92 bits per heavy atom. The van der Waals surface area contributed by atoms with E-state index in [2.05, 4.69) is 63.3 Å². The molecule has 0 unspecified atom stereocenters. The van der Waals surface area contributed by atoms with Crippen LogP contribution in [0.3, 0.4) is 0 Å². The molecule has 12 heavy (non-hydrogen) atoms. The van der Waals surface area contributed by atoms with Crippen LogP contribution >= 0.6 is 62.5 Å². The molecule has 0 aliphatic rings. The highest BCUT2D eigenvalue weighted by Gasteiger charge is 2.04. The summed E-state index contributed by atoms with van der Waals surface area (Å²) in [6, 6.07) is 6.29. The van der Waals surface area contributed by atoms with Crippen LogP contribution in [0.5, 0.6) is 0 Å². The topological polar surface area (TPSA) is 0 Å². The van der Waals surface area contributed by atoms with Gasteiger partial charge in [-0.3, -0.25) is 0 Å². The Morgan fingerprint density at radius 1 is 1.42 bits per heavy atom. The van der Waals surface area contributed by atoms with E-state index >= 15 is 0 Å². The molecule has 1 aromatic heterocycles. The summed E-state index contributed by atoms with van der Waals surface area (Å²) in [4.78, 5) is 0.997. The maximum Gasteiger partial charge on any atom is 0.0666 e. The van der Waals surface area contributed by atoms with Gasteiger partial charge in [0.2, 0.25) is 0 Å². The van der Waals surface area contributed by atoms with Gasteiger partial charge in [-0.15, -0.1) is 24.0 Å². The summed E-state index contributed by atoms with van der Waals surface area (Å²) in [5, 5.41) is 1.26. The largest absolute Gasteiger partial charge is 0.142 e. The molecule has 0 amide bonds. The lowest BCUT2D eigenvalue weighted by molar-refractivity contribution is 1.48.